The molecule has 1 aliphatic carbocycles. The fourth-order valence-electron chi connectivity index (χ4n) is 3.45. The van der Waals surface area contributed by atoms with Gasteiger partial charge in [0, 0.05) is 5.39 Å². The third kappa shape index (κ3) is 3.13. The lowest BCUT2D eigenvalue weighted by atomic mass is 10.0. The van der Waals surface area contributed by atoms with Crippen LogP contribution in [0.3, 0.4) is 0 Å². The number of esters is 1. The van der Waals surface area contributed by atoms with Crippen LogP contribution in [-0.2, 0) is 11.2 Å². The zero-order valence-corrected chi connectivity index (χ0v) is 14.5. The Hall–Kier alpha value is -3.65. The molecule has 1 N–H and O–H groups in total. The minimum Gasteiger partial charge on any atom is -0.508 e. The average molecular weight is 356 g/mol. The van der Waals surface area contributed by atoms with Crippen molar-refractivity contribution in [3.8, 4) is 11.8 Å². The van der Waals surface area contributed by atoms with Gasteiger partial charge in [0.2, 0.25) is 0 Å². The van der Waals surface area contributed by atoms with Gasteiger partial charge in [-0.05, 0) is 53.8 Å². The number of hydrogen-bond acceptors (Lipinski definition) is 5. The largest absolute Gasteiger partial charge is 0.508 e. The highest BCUT2D eigenvalue weighted by atomic mass is 16.5. The van der Waals surface area contributed by atoms with Crippen molar-refractivity contribution in [2.24, 2.45) is 0 Å². The van der Waals surface area contributed by atoms with Crippen LogP contribution in [0.25, 0.3) is 22.6 Å². The maximum absolute atomic E-state index is 12.6. The number of ether oxygens (including phenoxy) is 1. The van der Waals surface area contributed by atoms with Crippen molar-refractivity contribution in [2.45, 2.75) is 12.8 Å². The van der Waals surface area contributed by atoms with Crippen molar-refractivity contribution in [1.29, 1.82) is 5.26 Å². The van der Waals surface area contributed by atoms with Gasteiger partial charge in [-0.2, -0.15) is 5.26 Å². The normalized spacial score (nSPS) is 14.1. The molecule has 0 unspecified atom stereocenters. The number of aromatic nitrogens is 1. The molecule has 4 rings (SSSR count). The van der Waals surface area contributed by atoms with E-state index in [1.165, 1.54) is 0 Å². The van der Waals surface area contributed by atoms with Gasteiger partial charge in [-0.15, -0.1) is 0 Å². The number of carbonyl (C=O) groups is 1. The molecule has 1 aliphatic rings. The molecule has 0 bridgehead atoms. The Morgan fingerprint density at radius 3 is 2.74 bits per heavy atom. The van der Waals surface area contributed by atoms with E-state index in [4.69, 9.17) is 15.0 Å². The highest BCUT2D eigenvalue weighted by molar-refractivity contribution is 6.07. The molecule has 0 aliphatic heterocycles. The summed E-state index contributed by atoms with van der Waals surface area (Å²) in [5.74, 6) is -0.270. The number of rotatable bonds is 3. The van der Waals surface area contributed by atoms with Gasteiger partial charge in [0.25, 0.3) is 0 Å². The minimum absolute atomic E-state index is 0.218. The quantitative estimate of drug-likeness (QED) is 0.714. The Kier molecular flexibility index (Phi) is 4.31. The number of benzene rings is 2. The Morgan fingerprint density at radius 2 is 1.96 bits per heavy atom. The topological polar surface area (TPSA) is 83.2 Å². The first-order valence-electron chi connectivity index (χ1n) is 8.63. The second kappa shape index (κ2) is 6.93. The molecule has 0 saturated heterocycles. The average Bonchev–Trinajstić information content (AvgIpc) is 3.08. The summed E-state index contributed by atoms with van der Waals surface area (Å²) < 4.78 is 5.10. The van der Waals surface area contributed by atoms with Crippen LogP contribution in [0.5, 0.6) is 5.75 Å². The first kappa shape index (κ1) is 16.8. The monoisotopic (exact) mass is 356 g/mol. The molecule has 0 saturated carbocycles. The second-order valence-corrected chi connectivity index (χ2v) is 6.33. The second-order valence-electron chi connectivity index (χ2n) is 6.33. The molecule has 2 aromatic carbocycles. The van der Waals surface area contributed by atoms with E-state index in [9.17, 15) is 9.90 Å². The van der Waals surface area contributed by atoms with Crippen LogP contribution in [0.15, 0.2) is 48.5 Å². The standard InChI is InChI=1S/C22H16N2O3/c23-11-12-27-22(26)20-17-3-1-2-4-19(17)24-21-15(7-10-18(20)21)13-14-5-8-16(25)9-6-14/h1-6,8-9,13,25H,7,10,12H2/b15-13+. The number of pyridine rings is 1. The van der Waals surface area contributed by atoms with Crippen molar-refractivity contribution in [2.75, 3.05) is 6.61 Å². The summed E-state index contributed by atoms with van der Waals surface area (Å²) in [6.45, 7) is -0.277. The number of carbonyl (C=O) groups excluding carboxylic acids is 1. The third-order valence-corrected chi connectivity index (χ3v) is 4.65. The predicted octanol–water partition coefficient (Wildman–Crippen LogP) is 4.11. The maximum atomic E-state index is 12.6. The number of para-hydroxylation sites is 1. The number of hydrogen-bond donors (Lipinski definition) is 1. The van der Waals surface area contributed by atoms with E-state index < -0.39 is 5.97 Å². The van der Waals surface area contributed by atoms with Crippen molar-refractivity contribution in [3.63, 3.8) is 0 Å². The van der Waals surface area contributed by atoms with Gasteiger partial charge in [-0.1, -0.05) is 30.3 Å². The molecule has 1 aromatic heterocycles. The Labute approximate surface area is 156 Å². The number of nitrogens with zero attached hydrogens (tertiary/aromatic N) is 2. The smallest absolute Gasteiger partial charge is 0.340 e. The molecule has 0 radical (unpaired) electrons. The van der Waals surface area contributed by atoms with E-state index in [2.05, 4.69) is 0 Å². The number of allylic oxidation sites excluding steroid dienone is 1. The fraction of sp³-hybridized carbons (Fsp3) is 0.136. The minimum atomic E-state index is -0.489. The molecule has 1 heterocycles. The van der Waals surface area contributed by atoms with Crippen LogP contribution in [0.4, 0.5) is 0 Å². The highest BCUT2D eigenvalue weighted by Crippen LogP contribution is 2.37. The number of aromatic hydroxyl groups is 1. The third-order valence-electron chi connectivity index (χ3n) is 4.65. The lowest BCUT2D eigenvalue weighted by Crippen LogP contribution is -2.10. The van der Waals surface area contributed by atoms with Crippen molar-refractivity contribution < 1.29 is 14.6 Å². The molecule has 0 spiro atoms. The summed E-state index contributed by atoms with van der Waals surface area (Å²) in [7, 11) is 0. The van der Waals surface area contributed by atoms with Gasteiger partial charge in [-0.25, -0.2) is 9.78 Å². The van der Waals surface area contributed by atoms with Gasteiger partial charge in [0.1, 0.15) is 11.8 Å². The van der Waals surface area contributed by atoms with Crippen LogP contribution in [0.1, 0.15) is 33.6 Å². The molecule has 0 fully saturated rings. The zero-order chi connectivity index (χ0) is 18.8. The molecule has 0 atom stereocenters. The molecular formula is C22H16N2O3. The highest BCUT2D eigenvalue weighted by Gasteiger charge is 2.27. The van der Waals surface area contributed by atoms with Crippen molar-refractivity contribution >= 4 is 28.5 Å². The molecule has 132 valence electrons. The molecular weight excluding hydrogens is 340 g/mol. The van der Waals surface area contributed by atoms with Gasteiger partial charge < -0.3 is 9.84 Å². The van der Waals surface area contributed by atoms with Crippen LogP contribution in [-0.4, -0.2) is 22.7 Å². The fourth-order valence-corrected chi connectivity index (χ4v) is 3.45. The first-order chi connectivity index (χ1) is 13.2. The molecule has 0 amide bonds. The van der Waals surface area contributed by atoms with E-state index in [1.807, 2.05) is 48.5 Å². The Bertz CT molecular complexity index is 1110. The summed E-state index contributed by atoms with van der Waals surface area (Å²) in [6, 6.07) is 16.3. The predicted molar refractivity (Wildman–Crippen MR) is 102 cm³/mol. The lowest BCUT2D eigenvalue weighted by Gasteiger charge is -2.11. The van der Waals surface area contributed by atoms with Gasteiger partial charge >= 0.3 is 5.97 Å². The summed E-state index contributed by atoms with van der Waals surface area (Å²) >= 11 is 0. The van der Waals surface area contributed by atoms with Crippen LogP contribution in [0.2, 0.25) is 0 Å². The Morgan fingerprint density at radius 1 is 1.19 bits per heavy atom. The summed E-state index contributed by atoms with van der Waals surface area (Å²) in [6.07, 6.45) is 3.48. The van der Waals surface area contributed by atoms with Crippen molar-refractivity contribution in [3.05, 3.63) is 70.9 Å². The van der Waals surface area contributed by atoms with E-state index in [-0.39, 0.29) is 12.4 Å². The number of phenols is 1. The van der Waals surface area contributed by atoms with E-state index in [0.717, 1.165) is 39.7 Å². The molecule has 27 heavy (non-hydrogen) atoms. The van der Waals surface area contributed by atoms with Crippen LogP contribution < -0.4 is 0 Å². The number of phenolic OH excluding ortho intramolecular Hbond substituents is 1. The van der Waals surface area contributed by atoms with Crippen molar-refractivity contribution in [1.82, 2.24) is 4.98 Å². The molecule has 3 aromatic rings. The molecule has 5 nitrogen and oxygen atoms in total. The molecule has 5 heteroatoms. The van der Waals surface area contributed by atoms with E-state index in [1.54, 1.807) is 12.1 Å². The van der Waals surface area contributed by atoms with Gasteiger partial charge in [0.15, 0.2) is 6.61 Å². The number of fused-ring (bicyclic) bond motifs is 2. The number of nitriles is 1. The summed E-state index contributed by atoms with van der Waals surface area (Å²) in [5, 5.41) is 18.9. The SMILES string of the molecule is N#CCOC(=O)c1c2c(nc3ccccc13)/C(=C/c1ccc(O)cc1)CC2. The zero-order valence-electron chi connectivity index (χ0n) is 14.5. The van der Waals surface area contributed by atoms with Crippen LogP contribution >= 0.6 is 0 Å². The first-order valence-corrected chi connectivity index (χ1v) is 8.63. The van der Waals surface area contributed by atoms with Crippen LogP contribution in [0, 0.1) is 11.3 Å². The van der Waals surface area contributed by atoms with Gasteiger partial charge in [0.05, 0.1) is 16.8 Å². The maximum Gasteiger partial charge on any atom is 0.340 e. The summed E-state index contributed by atoms with van der Waals surface area (Å²) in [4.78, 5) is 17.4. The lowest BCUT2D eigenvalue weighted by molar-refractivity contribution is 0.0556. The Balaban J connectivity index is 1.86. The van der Waals surface area contributed by atoms with E-state index in [0.29, 0.717) is 12.0 Å². The van der Waals surface area contributed by atoms with Gasteiger partial charge in [-0.3, -0.25) is 0 Å². The summed E-state index contributed by atoms with van der Waals surface area (Å²) in [5.41, 5.74) is 4.88. The van der Waals surface area contributed by atoms with E-state index >= 15 is 0 Å².